The van der Waals surface area contributed by atoms with Crippen molar-refractivity contribution in [2.24, 2.45) is 0 Å². The molecule has 0 atom stereocenters. The third kappa shape index (κ3) is 4.50. The summed E-state index contributed by atoms with van der Waals surface area (Å²) in [6.45, 7) is 2.00. The summed E-state index contributed by atoms with van der Waals surface area (Å²) in [4.78, 5) is 22.2. The molecule has 0 fully saturated rings. The summed E-state index contributed by atoms with van der Waals surface area (Å²) < 4.78 is 13.1. The zero-order valence-corrected chi connectivity index (χ0v) is 9.42. The van der Waals surface area contributed by atoms with Gasteiger partial charge in [-0.15, -0.1) is 0 Å². The number of carbonyl (C=O) groups is 2. The first-order valence-electron chi connectivity index (χ1n) is 5.19. The molecule has 3 amide bonds. The van der Waals surface area contributed by atoms with Crippen molar-refractivity contribution in [2.45, 2.75) is 6.92 Å². The van der Waals surface area contributed by atoms with Gasteiger partial charge in [-0.3, -0.25) is 10.1 Å². The molecule has 1 aromatic rings. The van der Waals surface area contributed by atoms with Crippen LogP contribution in [0.1, 0.15) is 6.92 Å². The fraction of sp³-hybridized carbons (Fsp3) is 0.273. The van der Waals surface area contributed by atoms with Crippen molar-refractivity contribution in [3.05, 3.63) is 30.1 Å². The van der Waals surface area contributed by atoms with Gasteiger partial charge in [-0.25, -0.2) is 9.18 Å². The topological polar surface area (TPSA) is 70.2 Å². The van der Waals surface area contributed by atoms with Gasteiger partial charge in [0.1, 0.15) is 5.82 Å². The number of para-hydroxylation sites is 1. The van der Waals surface area contributed by atoms with Gasteiger partial charge in [-0.2, -0.15) is 0 Å². The largest absolute Gasteiger partial charge is 0.374 e. The van der Waals surface area contributed by atoms with Gasteiger partial charge in [0.25, 0.3) is 0 Å². The summed E-state index contributed by atoms with van der Waals surface area (Å²) in [5, 5.41) is 7.10. The predicted octanol–water partition coefficient (Wildman–Crippen LogP) is 1.08. The number of benzene rings is 1. The lowest BCUT2D eigenvalue weighted by molar-refractivity contribution is -0.118. The third-order valence-corrected chi connectivity index (χ3v) is 1.90. The second kappa shape index (κ2) is 6.47. The van der Waals surface area contributed by atoms with E-state index in [4.69, 9.17) is 0 Å². The first-order chi connectivity index (χ1) is 8.13. The smallest absolute Gasteiger partial charge is 0.321 e. The van der Waals surface area contributed by atoms with Crippen LogP contribution in [0.15, 0.2) is 24.3 Å². The fourth-order valence-corrected chi connectivity index (χ4v) is 1.16. The molecule has 5 nitrogen and oxygen atoms in total. The van der Waals surface area contributed by atoms with Crippen LogP contribution >= 0.6 is 0 Å². The SMILES string of the molecule is CCNC(=O)NC(=O)CNc1ccccc1F. The van der Waals surface area contributed by atoms with Crippen LogP contribution in [0.5, 0.6) is 0 Å². The van der Waals surface area contributed by atoms with Gasteiger partial charge in [-0.1, -0.05) is 12.1 Å². The predicted molar refractivity (Wildman–Crippen MR) is 62.1 cm³/mol. The average Bonchev–Trinajstić information content (AvgIpc) is 2.28. The second-order valence-electron chi connectivity index (χ2n) is 3.24. The third-order valence-electron chi connectivity index (χ3n) is 1.90. The Bertz CT molecular complexity index is 409. The number of carbonyl (C=O) groups excluding carboxylic acids is 2. The number of nitrogens with one attached hydrogen (secondary N) is 3. The standard InChI is InChI=1S/C11H14FN3O2/c1-2-13-11(17)15-10(16)7-14-9-6-4-3-5-8(9)12/h3-6,14H,2,7H2,1H3,(H2,13,15,16,17). The Morgan fingerprint density at radius 3 is 2.65 bits per heavy atom. The normalized spacial score (nSPS) is 9.53. The van der Waals surface area contributed by atoms with Gasteiger partial charge < -0.3 is 10.6 Å². The minimum Gasteiger partial charge on any atom is -0.374 e. The van der Waals surface area contributed by atoms with Gasteiger partial charge in [0.2, 0.25) is 5.91 Å². The first kappa shape index (κ1) is 13.0. The number of urea groups is 1. The van der Waals surface area contributed by atoms with E-state index in [1.54, 1.807) is 19.1 Å². The van der Waals surface area contributed by atoms with E-state index in [-0.39, 0.29) is 12.2 Å². The van der Waals surface area contributed by atoms with Crippen LogP contribution in [-0.2, 0) is 4.79 Å². The minimum absolute atomic E-state index is 0.169. The van der Waals surface area contributed by atoms with Crippen molar-refractivity contribution in [1.82, 2.24) is 10.6 Å². The van der Waals surface area contributed by atoms with E-state index < -0.39 is 17.8 Å². The molecule has 17 heavy (non-hydrogen) atoms. The summed E-state index contributed by atoms with van der Waals surface area (Å²) in [5.74, 6) is -0.975. The van der Waals surface area contributed by atoms with E-state index in [1.807, 2.05) is 0 Å². The number of hydrogen-bond acceptors (Lipinski definition) is 3. The van der Waals surface area contributed by atoms with Crippen LogP contribution in [0.4, 0.5) is 14.9 Å². The molecule has 0 unspecified atom stereocenters. The molecule has 1 rings (SSSR count). The Morgan fingerprint density at radius 1 is 1.29 bits per heavy atom. The van der Waals surface area contributed by atoms with Crippen LogP contribution in [0.2, 0.25) is 0 Å². The molecule has 92 valence electrons. The van der Waals surface area contributed by atoms with Crippen molar-refractivity contribution in [2.75, 3.05) is 18.4 Å². The molecular weight excluding hydrogens is 225 g/mol. The van der Waals surface area contributed by atoms with Gasteiger partial charge >= 0.3 is 6.03 Å². The van der Waals surface area contributed by atoms with Gasteiger partial charge in [0, 0.05) is 6.54 Å². The average molecular weight is 239 g/mol. The van der Waals surface area contributed by atoms with Crippen LogP contribution in [0.25, 0.3) is 0 Å². The first-order valence-corrected chi connectivity index (χ1v) is 5.19. The van der Waals surface area contributed by atoms with Crippen LogP contribution < -0.4 is 16.0 Å². The molecule has 0 saturated heterocycles. The molecule has 0 aliphatic rings. The number of imide groups is 1. The lowest BCUT2D eigenvalue weighted by atomic mass is 10.3. The zero-order chi connectivity index (χ0) is 12.7. The highest BCUT2D eigenvalue weighted by Crippen LogP contribution is 2.11. The molecule has 0 aromatic heterocycles. The van der Waals surface area contributed by atoms with Gasteiger partial charge in [0.05, 0.1) is 12.2 Å². The Kier molecular flexibility index (Phi) is 4.93. The summed E-state index contributed by atoms with van der Waals surface area (Å²) in [7, 11) is 0. The maximum atomic E-state index is 13.1. The Balaban J connectivity index is 2.38. The quantitative estimate of drug-likeness (QED) is 0.736. The Hall–Kier alpha value is -2.11. The summed E-state index contributed by atoms with van der Waals surface area (Å²) in [6, 6.07) is 5.43. The molecular formula is C11H14FN3O2. The lowest BCUT2D eigenvalue weighted by Crippen LogP contribution is -2.41. The highest BCUT2D eigenvalue weighted by molar-refractivity contribution is 5.96. The minimum atomic E-state index is -0.562. The molecule has 6 heteroatoms. The Morgan fingerprint density at radius 2 is 2.00 bits per heavy atom. The molecule has 1 aromatic carbocycles. The molecule has 0 heterocycles. The molecule has 0 bridgehead atoms. The number of anilines is 1. The van der Waals surface area contributed by atoms with E-state index in [0.717, 1.165) is 0 Å². The van der Waals surface area contributed by atoms with Crippen molar-refractivity contribution >= 4 is 17.6 Å². The molecule has 0 saturated carbocycles. The van der Waals surface area contributed by atoms with Gasteiger partial charge in [0.15, 0.2) is 0 Å². The molecule has 0 radical (unpaired) electrons. The van der Waals surface area contributed by atoms with E-state index in [0.29, 0.717) is 6.54 Å². The van der Waals surface area contributed by atoms with Crippen LogP contribution in [0.3, 0.4) is 0 Å². The summed E-state index contributed by atoms with van der Waals surface area (Å²) in [5.41, 5.74) is 0.221. The molecule has 0 aliphatic carbocycles. The summed E-state index contributed by atoms with van der Waals surface area (Å²) >= 11 is 0. The van der Waals surface area contributed by atoms with Crippen molar-refractivity contribution in [3.63, 3.8) is 0 Å². The molecule has 0 aliphatic heterocycles. The number of rotatable bonds is 4. The van der Waals surface area contributed by atoms with E-state index in [9.17, 15) is 14.0 Å². The maximum Gasteiger partial charge on any atom is 0.321 e. The van der Waals surface area contributed by atoms with Crippen LogP contribution in [-0.4, -0.2) is 25.0 Å². The van der Waals surface area contributed by atoms with Crippen molar-refractivity contribution in [3.8, 4) is 0 Å². The lowest BCUT2D eigenvalue weighted by Gasteiger charge is -2.07. The van der Waals surface area contributed by atoms with Crippen LogP contribution in [0, 0.1) is 5.82 Å². The van der Waals surface area contributed by atoms with E-state index in [1.165, 1.54) is 12.1 Å². The molecule has 0 spiro atoms. The maximum absolute atomic E-state index is 13.1. The molecule has 3 N–H and O–H groups in total. The number of halogens is 1. The number of amides is 3. The van der Waals surface area contributed by atoms with Crippen molar-refractivity contribution in [1.29, 1.82) is 0 Å². The highest BCUT2D eigenvalue weighted by Gasteiger charge is 2.07. The second-order valence-corrected chi connectivity index (χ2v) is 3.24. The van der Waals surface area contributed by atoms with Gasteiger partial charge in [-0.05, 0) is 19.1 Å². The fourth-order valence-electron chi connectivity index (χ4n) is 1.16. The monoisotopic (exact) mass is 239 g/mol. The summed E-state index contributed by atoms with van der Waals surface area (Å²) in [6.07, 6.45) is 0. The zero-order valence-electron chi connectivity index (χ0n) is 9.42. The Labute approximate surface area is 98.4 Å². The number of hydrogen-bond donors (Lipinski definition) is 3. The van der Waals surface area contributed by atoms with E-state index >= 15 is 0 Å². The highest BCUT2D eigenvalue weighted by atomic mass is 19.1. The van der Waals surface area contributed by atoms with E-state index in [2.05, 4.69) is 16.0 Å². The van der Waals surface area contributed by atoms with Crippen molar-refractivity contribution < 1.29 is 14.0 Å².